The first-order chi connectivity index (χ1) is 6.72. The lowest BCUT2D eigenvalue weighted by Gasteiger charge is -1.95. The van der Waals surface area contributed by atoms with Crippen LogP contribution in [0.5, 0.6) is 0 Å². The maximum absolute atomic E-state index is 5.96. The molecule has 1 nitrogen and oxygen atoms in total. The Kier molecular flexibility index (Phi) is 2.77. The van der Waals surface area contributed by atoms with Gasteiger partial charge in [-0.1, -0.05) is 11.6 Å². The van der Waals surface area contributed by atoms with Crippen LogP contribution in [-0.2, 0) is 6.42 Å². The molecule has 1 aromatic heterocycles. The van der Waals surface area contributed by atoms with Gasteiger partial charge < -0.3 is 5.73 Å². The van der Waals surface area contributed by atoms with E-state index in [9.17, 15) is 0 Å². The second kappa shape index (κ2) is 3.89. The van der Waals surface area contributed by atoms with E-state index >= 15 is 0 Å². The maximum atomic E-state index is 5.96. The van der Waals surface area contributed by atoms with Crippen LogP contribution in [0.25, 0.3) is 10.1 Å². The number of aryl methyl sites for hydroxylation is 1. The van der Waals surface area contributed by atoms with E-state index in [2.05, 4.69) is 13.0 Å². The molecule has 0 bridgehead atoms. The van der Waals surface area contributed by atoms with Crippen molar-refractivity contribution in [1.29, 1.82) is 0 Å². The Morgan fingerprint density at radius 2 is 2.21 bits per heavy atom. The Hall–Kier alpha value is -0.570. The van der Waals surface area contributed by atoms with Crippen LogP contribution in [0.4, 0.5) is 0 Å². The topological polar surface area (TPSA) is 26.0 Å². The molecule has 0 saturated heterocycles. The third-order valence-electron chi connectivity index (χ3n) is 2.37. The molecule has 1 heterocycles. The molecule has 3 heteroatoms. The molecule has 0 saturated carbocycles. The Morgan fingerprint density at radius 1 is 1.43 bits per heavy atom. The minimum absolute atomic E-state index is 0.710. The van der Waals surface area contributed by atoms with Gasteiger partial charge in [0, 0.05) is 14.6 Å². The summed E-state index contributed by atoms with van der Waals surface area (Å²) in [7, 11) is 0. The summed E-state index contributed by atoms with van der Waals surface area (Å²) in [5.41, 5.74) is 6.89. The highest BCUT2D eigenvalue weighted by Crippen LogP contribution is 2.32. The normalized spacial score (nSPS) is 11.1. The Labute approximate surface area is 92.5 Å². The van der Waals surface area contributed by atoms with Gasteiger partial charge in [0.1, 0.15) is 0 Å². The fourth-order valence-corrected chi connectivity index (χ4v) is 2.99. The van der Waals surface area contributed by atoms with Crippen molar-refractivity contribution in [3.05, 3.63) is 33.7 Å². The van der Waals surface area contributed by atoms with Crippen LogP contribution in [0.15, 0.2) is 18.2 Å². The van der Waals surface area contributed by atoms with E-state index in [1.165, 1.54) is 20.5 Å². The Bertz CT molecular complexity index is 462. The smallest absolute Gasteiger partial charge is 0.0413 e. The maximum Gasteiger partial charge on any atom is 0.0413 e. The minimum atomic E-state index is 0.710. The number of benzene rings is 1. The van der Waals surface area contributed by atoms with Crippen molar-refractivity contribution < 1.29 is 0 Å². The fourth-order valence-electron chi connectivity index (χ4n) is 1.61. The summed E-state index contributed by atoms with van der Waals surface area (Å²) in [4.78, 5) is 1.38. The highest BCUT2D eigenvalue weighted by atomic mass is 35.5. The van der Waals surface area contributed by atoms with Crippen molar-refractivity contribution in [1.82, 2.24) is 0 Å². The van der Waals surface area contributed by atoms with Crippen molar-refractivity contribution >= 4 is 33.0 Å². The standard InChI is InChI=1S/C11H12ClNS/c1-7-9-6-8(12)2-3-11(9)14-10(7)4-5-13/h2-3,6H,4-5,13H2,1H3. The third kappa shape index (κ3) is 1.65. The lowest BCUT2D eigenvalue weighted by molar-refractivity contribution is 0.981. The second-order valence-electron chi connectivity index (χ2n) is 3.33. The Morgan fingerprint density at radius 3 is 2.93 bits per heavy atom. The monoisotopic (exact) mass is 225 g/mol. The SMILES string of the molecule is Cc1c(CCN)sc2ccc(Cl)cc12. The summed E-state index contributed by atoms with van der Waals surface area (Å²) in [6.07, 6.45) is 0.961. The molecular formula is C11H12ClNS. The minimum Gasteiger partial charge on any atom is -0.330 e. The van der Waals surface area contributed by atoms with Crippen molar-refractivity contribution in [2.24, 2.45) is 5.73 Å². The number of hydrogen-bond acceptors (Lipinski definition) is 2. The summed E-state index contributed by atoms with van der Waals surface area (Å²) in [5, 5.41) is 2.07. The van der Waals surface area contributed by atoms with Crippen LogP contribution in [-0.4, -0.2) is 6.54 Å². The number of hydrogen-bond donors (Lipinski definition) is 1. The second-order valence-corrected chi connectivity index (χ2v) is 4.90. The van der Waals surface area contributed by atoms with Gasteiger partial charge in [-0.3, -0.25) is 0 Å². The molecule has 0 aliphatic carbocycles. The van der Waals surface area contributed by atoms with Crippen molar-refractivity contribution in [3.63, 3.8) is 0 Å². The molecule has 2 rings (SSSR count). The van der Waals surface area contributed by atoms with E-state index in [4.69, 9.17) is 17.3 Å². The van der Waals surface area contributed by atoms with Gasteiger partial charge in [0.05, 0.1) is 0 Å². The largest absolute Gasteiger partial charge is 0.330 e. The first kappa shape index (κ1) is 9.97. The van der Waals surface area contributed by atoms with Gasteiger partial charge >= 0.3 is 0 Å². The zero-order valence-corrected chi connectivity index (χ0v) is 9.58. The molecule has 2 N–H and O–H groups in total. The van der Waals surface area contributed by atoms with Crippen molar-refractivity contribution in [2.75, 3.05) is 6.54 Å². The summed E-state index contributed by atoms with van der Waals surface area (Å²) in [5.74, 6) is 0. The molecule has 0 amide bonds. The lowest BCUT2D eigenvalue weighted by atomic mass is 10.1. The van der Waals surface area contributed by atoms with Gasteiger partial charge in [-0.15, -0.1) is 11.3 Å². The van der Waals surface area contributed by atoms with E-state index < -0.39 is 0 Å². The van der Waals surface area contributed by atoms with Crippen LogP contribution in [0.1, 0.15) is 10.4 Å². The van der Waals surface area contributed by atoms with E-state index in [1.54, 1.807) is 0 Å². The molecule has 0 fully saturated rings. The number of fused-ring (bicyclic) bond motifs is 1. The van der Waals surface area contributed by atoms with Gasteiger partial charge in [-0.25, -0.2) is 0 Å². The molecule has 0 aliphatic rings. The first-order valence-electron chi connectivity index (χ1n) is 4.60. The molecule has 0 atom stereocenters. The molecule has 0 unspecified atom stereocenters. The molecule has 74 valence electrons. The zero-order chi connectivity index (χ0) is 10.1. The van der Waals surface area contributed by atoms with Crippen LogP contribution in [0, 0.1) is 6.92 Å². The van der Waals surface area contributed by atoms with Gasteiger partial charge in [-0.05, 0) is 49.0 Å². The Balaban J connectivity index is 2.62. The quantitative estimate of drug-likeness (QED) is 0.834. The fraction of sp³-hybridized carbons (Fsp3) is 0.273. The van der Waals surface area contributed by atoms with Crippen LogP contribution in [0.3, 0.4) is 0 Å². The predicted molar refractivity (Wildman–Crippen MR) is 64.3 cm³/mol. The highest BCUT2D eigenvalue weighted by Gasteiger charge is 2.07. The van der Waals surface area contributed by atoms with E-state index in [0.29, 0.717) is 6.54 Å². The molecule has 14 heavy (non-hydrogen) atoms. The molecule has 0 radical (unpaired) electrons. The average molecular weight is 226 g/mol. The summed E-state index contributed by atoms with van der Waals surface area (Å²) in [6, 6.07) is 6.05. The van der Waals surface area contributed by atoms with E-state index in [0.717, 1.165) is 11.4 Å². The number of halogens is 1. The number of thiophene rings is 1. The van der Waals surface area contributed by atoms with Gasteiger partial charge in [0.2, 0.25) is 0 Å². The summed E-state index contributed by atoms with van der Waals surface area (Å²) in [6.45, 7) is 2.85. The molecule has 0 spiro atoms. The predicted octanol–water partition coefficient (Wildman–Crippen LogP) is 3.36. The molecular weight excluding hydrogens is 214 g/mol. The van der Waals surface area contributed by atoms with E-state index in [1.807, 2.05) is 23.5 Å². The van der Waals surface area contributed by atoms with Gasteiger partial charge in [0.15, 0.2) is 0 Å². The zero-order valence-electron chi connectivity index (χ0n) is 8.01. The first-order valence-corrected chi connectivity index (χ1v) is 5.79. The van der Waals surface area contributed by atoms with Crippen molar-refractivity contribution in [2.45, 2.75) is 13.3 Å². The molecule has 2 aromatic rings. The average Bonchev–Trinajstić information content (AvgIpc) is 2.46. The van der Waals surface area contributed by atoms with Crippen LogP contribution < -0.4 is 5.73 Å². The number of nitrogens with two attached hydrogens (primary N) is 1. The van der Waals surface area contributed by atoms with Crippen LogP contribution in [0.2, 0.25) is 5.02 Å². The van der Waals surface area contributed by atoms with Gasteiger partial charge in [0.25, 0.3) is 0 Å². The summed E-state index contributed by atoms with van der Waals surface area (Å²) < 4.78 is 1.30. The van der Waals surface area contributed by atoms with Crippen molar-refractivity contribution in [3.8, 4) is 0 Å². The van der Waals surface area contributed by atoms with Gasteiger partial charge in [-0.2, -0.15) is 0 Å². The van der Waals surface area contributed by atoms with Crippen LogP contribution >= 0.6 is 22.9 Å². The molecule has 1 aromatic carbocycles. The number of rotatable bonds is 2. The summed E-state index contributed by atoms with van der Waals surface area (Å²) >= 11 is 7.78. The lowest BCUT2D eigenvalue weighted by Crippen LogP contribution is -2.01. The molecule has 0 aliphatic heterocycles. The highest BCUT2D eigenvalue weighted by molar-refractivity contribution is 7.19. The third-order valence-corrected chi connectivity index (χ3v) is 3.94. The van der Waals surface area contributed by atoms with E-state index in [-0.39, 0.29) is 0 Å².